The number of methoxy groups -OCH3 is 1. The van der Waals surface area contributed by atoms with Crippen LogP contribution in [0.4, 0.5) is 0 Å². The predicted molar refractivity (Wildman–Crippen MR) is 90.6 cm³/mol. The fourth-order valence-corrected chi connectivity index (χ4v) is 2.44. The maximum absolute atomic E-state index is 5.56. The highest BCUT2D eigenvalue weighted by molar-refractivity contribution is 5.79. The Bertz CT molecular complexity index is 491. The Kier molecular flexibility index (Phi) is 6.85. The normalized spacial score (nSPS) is 15.3. The number of aryl methyl sites for hydroxylation is 2. The lowest BCUT2D eigenvalue weighted by Gasteiger charge is -2.22. The SMILES string of the molecule is CN=C(NCCN(CCOC)C1CC1)NCc1nc(C)c(C)o1. The number of guanidine groups is 1. The van der Waals surface area contributed by atoms with Gasteiger partial charge >= 0.3 is 0 Å². The van der Waals surface area contributed by atoms with Crippen molar-refractivity contribution in [3.63, 3.8) is 0 Å². The van der Waals surface area contributed by atoms with E-state index in [1.165, 1.54) is 12.8 Å². The molecule has 130 valence electrons. The van der Waals surface area contributed by atoms with Gasteiger partial charge in [0, 0.05) is 39.8 Å². The lowest BCUT2D eigenvalue weighted by atomic mass is 10.4. The first kappa shape index (κ1) is 17.7. The molecule has 0 radical (unpaired) electrons. The van der Waals surface area contributed by atoms with Crippen LogP contribution in [0.25, 0.3) is 0 Å². The smallest absolute Gasteiger partial charge is 0.214 e. The molecule has 23 heavy (non-hydrogen) atoms. The van der Waals surface area contributed by atoms with Gasteiger partial charge < -0.3 is 19.8 Å². The average molecular weight is 323 g/mol. The van der Waals surface area contributed by atoms with E-state index in [0.29, 0.717) is 12.4 Å². The van der Waals surface area contributed by atoms with E-state index < -0.39 is 0 Å². The molecule has 1 saturated carbocycles. The molecule has 7 nitrogen and oxygen atoms in total. The van der Waals surface area contributed by atoms with E-state index in [2.05, 4.69) is 25.5 Å². The van der Waals surface area contributed by atoms with Crippen LogP contribution in [0, 0.1) is 13.8 Å². The number of ether oxygens (including phenoxy) is 1. The molecule has 0 atom stereocenters. The van der Waals surface area contributed by atoms with Crippen LogP contribution in [-0.4, -0.2) is 62.3 Å². The molecule has 0 amide bonds. The van der Waals surface area contributed by atoms with Gasteiger partial charge in [-0.25, -0.2) is 4.98 Å². The minimum Gasteiger partial charge on any atom is -0.444 e. The van der Waals surface area contributed by atoms with Crippen LogP contribution in [0.3, 0.4) is 0 Å². The van der Waals surface area contributed by atoms with E-state index >= 15 is 0 Å². The fraction of sp³-hybridized carbons (Fsp3) is 0.750. The Morgan fingerprint density at radius 2 is 2.13 bits per heavy atom. The van der Waals surface area contributed by atoms with E-state index in [1.54, 1.807) is 14.2 Å². The van der Waals surface area contributed by atoms with Crippen molar-refractivity contribution in [2.24, 2.45) is 4.99 Å². The third-order valence-corrected chi connectivity index (χ3v) is 4.04. The standard InChI is InChI=1S/C16H29N5O2/c1-12-13(2)23-15(20-12)11-19-16(17-3)18-7-8-21(9-10-22-4)14-5-6-14/h14H,5-11H2,1-4H3,(H2,17,18,19). The largest absolute Gasteiger partial charge is 0.444 e. The molecule has 0 aliphatic heterocycles. The summed E-state index contributed by atoms with van der Waals surface area (Å²) < 4.78 is 10.7. The maximum Gasteiger partial charge on any atom is 0.214 e. The van der Waals surface area contributed by atoms with Gasteiger partial charge in [0.15, 0.2) is 5.96 Å². The quantitative estimate of drug-likeness (QED) is 0.523. The molecule has 1 aliphatic carbocycles. The third-order valence-electron chi connectivity index (χ3n) is 4.04. The molecule has 1 aromatic heterocycles. The molecule has 0 spiro atoms. The van der Waals surface area contributed by atoms with Crippen LogP contribution < -0.4 is 10.6 Å². The van der Waals surface area contributed by atoms with Crippen molar-refractivity contribution >= 4 is 5.96 Å². The van der Waals surface area contributed by atoms with Gasteiger partial charge in [0.25, 0.3) is 0 Å². The first-order chi connectivity index (χ1) is 11.1. The third kappa shape index (κ3) is 5.84. The fourth-order valence-electron chi connectivity index (χ4n) is 2.44. The number of oxazole rings is 1. The molecule has 1 heterocycles. The number of aromatic nitrogens is 1. The summed E-state index contributed by atoms with van der Waals surface area (Å²) >= 11 is 0. The van der Waals surface area contributed by atoms with Crippen molar-refractivity contribution < 1.29 is 9.15 Å². The van der Waals surface area contributed by atoms with Crippen molar-refractivity contribution in [2.75, 3.05) is 40.4 Å². The maximum atomic E-state index is 5.56. The Balaban J connectivity index is 1.69. The Hall–Kier alpha value is -1.60. The molecule has 1 fully saturated rings. The summed E-state index contributed by atoms with van der Waals surface area (Å²) in [7, 11) is 3.52. The lowest BCUT2D eigenvalue weighted by molar-refractivity contribution is 0.144. The van der Waals surface area contributed by atoms with Crippen molar-refractivity contribution in [2.45, 2.75) is 39.3 Å². The second-order valence-corrected chi connectivity index (χ2v) is 5.86. The van der Waals surface area contributed by atoms with E-state index in [0.717, 1.165) is 49.7 Å². The van der Waals surface area contributed by atoms with Gasteiger partial charge in [-0.05, 0) is 26.7 Å². The highest BCUT2D eigenvalue weighted by atomic mass is 16.5. The minimum absolute atomic E-state index is 0.532. The number of nitrogens with one attached hydrogen (secondary N) is 2. The van der Waals surface area contributed by atoms with Crippen LogP contribution >= 0.6 is 0 Å². The summed E-state index contributed by atoms with van der Waals surface area (Å²) in [5, 5.41) is 6.57. The zero-order valence-corrected chi connectivity index (χ0v) is 14.7. The number of rotatable bonds is 9. The molecule has 0 unspecified atom stereocenters. The van der Waals surface area contributed by atoms with Crippen molar-refractivity contribution in [1.29, 1.82) is 0 Å². The van der Waals surface area contributed by atoms with Crippen LogP contribution in [0.1, 0.15) is 30.2 Å². The summed E-state index contributed by atoms with van der Waals surface area (Å²) in [6, 6.07) is 0.736. The summed E-state index contributed by atoms with van der Waals surface area (Å²) in [4.78, 5) is 11.1. The Labute approximate surface area is 138 Å². The predicted octanol–water partition coefficient (Wildman–Crippen LogP) is 1.07. The van der Waals surface area contributed by atoms with E-state index in [-0.39, 0.29) is 0 Å². The van der Waals surface area contributed by atoms with Crippen molar-refractivity contribution in [3.8, 4) is 0 Å². The molecule has 1 aromatic rings. The van der Waals surface area contributed by atoms with Crippen molar-refractivity contribution in [1.82, 2.24) is 20.5 Å². The van der Waals surface area contributed by atoms with E-state index in [1.807, 2.05) is 13.8 Å². The highest BCUT2D eigenvalue weighted by Crippen LogP contribution is 2.25. The van der Waals surface area contributed by atoms with Gasteiger partial charge in [0.2, 0.25) is 5.89 Å². The van der Waals surface area contributed by atoms with E-state index in [4.69, 9.17) is 9.15 Å². The molecule has 1 aliphatic rings. The van der Waals surface area contributed by atoms with Crippen molar-refractivity contribution in [3.05, 3.63) is 17.3 Å². The molecule has 7 heteroatoms. The molecule has 2 rings (SSSR count). The van der Waals surface area contributed by atoms with Crippen LogP contribution in [0.5, 0.6) is 0 Å². The van der Waals surface area contributed by atoms with Gasteiger partial charge in [0.05, 0.1) is 18.8 Å². The van der Waals surface area contributed by atoms with Gasteiger partial charge in [-0.2, -0.15) is 0 Å². The van der Waals surface area contributed by atoms with Crippen LogP contribution in [0.2, 0.25) is 0 Å². The number of hydrogen-bond acceptors (Lipinski definition) is 5. The second-order valence-electron chi connectivity index (χ2n) is 5.86. The Morgan fingerprint density at radius 3 is 2.70 bits per heavy atom. The topological polar surface area (TPSA) is 74.9 Å². The van der Waals surface area contributed by atoms with E-state index in [9.17, 15) is 0 Å². The van der Waals surface area contributed by atoms with Crippen LogP contribution in [0.15, 0.2) is 9.41 Å². The second kappa shape index (κ2) is 8.88. The molecule has 0 saturated heterocycles. The summed E-state index contributed by atoms with van der Waals surface area (Å²) in [5.74, 6) is 2.31. The molecular formula is C16H29N5O2. The highest BCUT2D eigenvalue weighted by Gasteiger charge is 2.28. The summed E-state index contributed by atoms with van der Waals surface area (Å²) in [5.41, 5.74) is 0.933. The number of nitrogens with zero attached hydrogens (tertiary/aromatic N) is 3. The minimum atomic E-state index is 0.532. The lowest BCUT2D eigenvalue weighted by Crippen LogP contribution is -2.42. The monoisotopic (exact) mass is 323 g/mol. The molecular weight excluding hydrogens is 294 g/mol. The van der Waals surface area contributed by atoms with Gasteiger partial charge in [-0.3, -0.25) is 9.89 Å². The van der Waals surface area contributed by atoms with Gasteiger partial charge in [-0.1, -0.05) is 0 Å². The molecule has 0 bridgehead atoms. The van der Waals surface area contributed by atoms with Crippen LogP contribution in [-0.2, 0) is 11.3 Å². The summed E-state index contributed by atoms with van der Waals surface area (Å²) in [6.45, 7) is 8.02. The Morgan fingerprint density at radius 1 is 1.35 bits per heavy atom. The van der Waals surface area contributed by atoms with Gasteiger partial charge in [0.1, 0.15) is 5.76 Å². The first-order valence-electron chi connectivity index (χ1n) is 8.24. The first-order valence-corrected chi connectivity index (χ1v) is 8.24. The zero-order chi connectivity index (χ0) is 16.7. The zero-order valence-electron chi connectivity index (χ0n) is 14.7. The number of aliphatic imine (C=N–C) groups is 1. The summed E-state index contributed by atoms with van der Waals surface area (Å²) in [6.07, 6.45) is 2.61. The number of hydrogen-bond donors (Lipinski definition) is 2. The molecule has 2 N–H and O–H groups in total. The van der Waals surface area contributed by atoms with Gasteiger partial charge in [-0.15, -0.1) is 0 Å². The molecule has 0 aromatic carbocycles. The average Bonchev–Trinajstić information content (AvgIpc) is 3.33.